The summed E-state index contributed by atoms with van der Waals surface area (Å²) in [4.78, 5) is 37.0. The van der Waals surface area contributed by atoms with E-state index >= 15 is 0 Å². The van der Waals surface area contributed by atoms with Gasteiger partial charge in [0.2, 0.25) is 5.91 Å². The Morgan fingerprint density at radius 3 is 2.38 bits per heavy atom. The van der Waals surface area contributed by atoms with Crippen LogP contribution in [0.3, 0.4) is 0 Å². The predicted octanol–water partition coefficient (Wildman–Crippen LogP) is 5.25. The first kappa shape index (κ1) is 28.5. The summed E-state index contributed by atoms with van der Waals surface area (Å²) in [6.45, 7) is 6.42. The van der Waals surface area contributed by atoms with Gasteiger partial charge < -0.3 is 19.9 Å². The van der Waals surface area contributed by atoms with Crippen LogP contribution < -0.4 is 10.6 Å². The van der Waals surface area contributed by atoms with E-state index in [0.717, 1.165) is 0 Å². The number of nitrogens with zero attached hydrogens (tertiary/aromatic N) is 3. The molecule has 0 spiro atoms. The highest BCUT2D eigenvalue weighted by atomic mass is 35.5. The molecule has 3 rings (SSSR count). The summed E-state index contributed by atoms with van der Waals surface area (Å²) in [5.74, 6) is -0.367. The maximum Gasteiger partial charge on any atom is 0.337 e. The molecule has 0 unspecified atom stereocenters. The molecular weight excluding hydrogens is 537 g/mol. The lowest BCUT2D eigenvalue weighted by Gasteiger charge is -2.22. The second kappa shape index (κ2) is 12.9. The van der Waals surface area contributed by atoms with Crippen LogP contribution in [0, 0.1) is 5.92 Å². The second-order valence-corrected chi connectivity index (χ2v) is 10.1. The average molecular weight is 564 g/mol. The van der Waals surface area contributed by atoms with Crippen LogP contribution in [-0.2, 0) is 16.1 Å². The number of ether oxygens (including phenoxy) is 1. The molecule has 1 aromatic heterocycles. The molecule has 12 heteroatoms. The van der Waals surface area contributed by atoms with Crippen molar-refractivity contribution in [3.63, 3.8) is 0 Å². The molecule has 0 aliphatic carbocycles. The normalized spacial score (nSPS) is 11.8. The minimum atomic E-state index is -0.449. The fraction of sp³-hybridized carbons (Fsp3) is 0.320. The minimum Gasteiger partial charge on any atom is -0.465 e. The molecule has 0 saturated heterocycles. The molecule has 9 nitrogen and oxygen atoms in total. The molecule has 2 N–H and O–H groups in total. The summed E-state index contributed by atoms with van der Waals surface area (Å²) in [5.41, 5.74) is 1.26. The van der Waals surface area contributed by atoms with Crippen LogP contribution in [0.15, 0.2) is 47.6 Å². The lowest BCUT2D eigenvalue weighted by Crippen LogP contribution is -2.34. The molecule has 2 amide bonds. The van der Waals surface area contributed by atoms with Gasteiger partial charge in [-0.3, -0.25) is 9.59 Å². The van der Waals surface area contributed by atoms with Gasteiger partial charge in [0.25, 0.3) is 5.91 Å². The van der Waals surface area contributed by atoms with Crippen molar-refractivity contribution < 1.29 is 19.1 Å². The summed E-state index contributed by atoms with van der Waals surface area (Å²) < 4.78 is 6.55. The van der Waals surface area contributed by atoms with Gasteiger partial charge in [0.1, 0.15) is 0 Å². The number of hydrogen-bond donors (Lipinski definition) is 2. The summed E-state index contributed by atoms with van der Waals surface area (Å²) in [5, 5.41) is 15.6. The number of carbonyl (C=O) groups excluding carboxylic acids is 3. The molecule has 196 valence electrons. The number of hydrogen-bond acceptors (Lipinski definition) is 7. The molecule has 2 aromatic carbocycles. The third-order valence-corrected chi connectivity index (χ3v) is 6.91. The van der Waals surface area contributed by atoms with E-state index < -0.39 is 12.0 Å². The second-order valence-electron chi connectivity index (χ2n) is 8.31. The van der Waals surface area contributed by atoms with Gasteiger partial charge >= 0.3 is 5.97 Å². The van der Waals surface area contributed by atoms with Crippen LogP contribution in [0.2, 0.25) is 10.0 Å². The molecule has 37 heavy (non-hydrogen) atoms. The van der Waals surface area contributed by atoms with E-state index in [1.165, 1.54) is 24.9 Å². The molecule has 0 aliphatic rings. The van der Waals surface area contributed by atoms with Crippen molar-refractivity contribution in [2.75, 3.05) is 18.2 Å². The minimum absolute atomic E-state index is 0.00126. The van der Waals surface area contributed by atoms with Gasteiger partial charge in [0.15, 0.2) is 11.0 Å². The molecular formula is C25H27Cl2N5O4S. The largest absolute Gasteiger partial charge is 0.465 e. The third kappa shape index (κ3) is 7.24. The molecule has 1 heterocycles. The quantitative estimate of drug-likeness (QED) is 0.255. The third-order valence-electron chi connectivity index (χ3n) is 5.39. The van der Waals surface area contributed by atoms with Crippen molar-refractivity contribution in [2.24, 2.45) is 5.92 Å². The number of carbonyl (C=O) groups is 3. The Morgan fingerprint density at radius 2 is 1.78 bits per heavy atom. The zero-order chi connectivity index (χ0) is 27.1. The van der Waals surface area contributed by atoms with E-state index in [1.807, 2.05) is 25.3 Å². The van der Waals surface area contributed by atoms with Crippen LogP contribution in [-0.4, -0.2) is 45.4 Å². The zero-order valence-corrected chi connectivity index (χ0v) is 23.1. The number of halogens is 2. The van der Waals surface area contributed by atoms with E-state index in [-0.39, 0.29) is 28.5 Å². The van der Waals surface area contributed by atoms with E-state index in [1.54, 1.807) is 36.4 Å². The number of esters is 1. The standard InChI is InChI=1S/C25H27Cl2N5O4S/c1-5-32-22(21(14(2)3)29-23(34)18-11-8-16(26)12-19(18)27)30-31-25(32)37-13-20(33)28-17-9-6-15(7-10-17)24(35)36-4/h6-12,14,21H,5,13H2,1-4H3,(H,28,33)(H,29,34)/t21-/m0/s1. The van der Waals surface area contributed by atoms with Gasteiger partial charge in [0, 0.05) is 17.3 Å². The van der Waals surface area contributed by atoms with Crippen molar-refractivity contribution in [2.45, 2.75) is 38.5 Å². The fourth-order valence-corrected chi connectivity index (χ4v) is 4.79. The van der Waals surface area contributed by atoms with E-state index in [0.29, 0.717) is 39.4 Å². The summed E-state index contributed by atoms with van der Waals surface area (Å²) in [7, 11) is 1.31. The number of benzene rings is 2. The summed E-state index contributed by atoms with van der Waals surface area (Å²) >= 11 is 13.4. The summed E-state index contributed by atoms with van der Waals surface area (Å²) in [6, 6.07) is 10.7. The number of nitrogens with one attached hydrogen (secondary N) is 2. The Kier molecular flexibility index (Phi) is 9.96. The molecule has 1 atom stereocenters. The Balaban J connectivity index is 1.69. The smallest absolute Gasteiger partial charge is 0.337 e. The number of aromatic nitrogens is 3. The van der Waals surface area contributed by atoms with Crippen molar-refractivity contribution in [1.29, 1.82) is 0 Å². The van der Waals surface area contributed by atoms with E-state index in [9.17, 15) is 14.4 Å². The molecule has 0 fully saturated rings. The molecule has 0 radical (unpaired) electrons. The van der Waals surface area contributed by atoms with Crippen molar-refractivity contribution in [3.8, 4) is 0 Å². The highest BCUT2D eigenvalue weighted by Gasteiger charge is 2.27. The van der Waals surface area contributed by atoms with E-state index in [4.69, 9.17) is 23.2 Å². The predicted molar refractivity (Wildman–Crippen MR) is 144 cm³/mol. The topological polar surface area (TPSA) is 115 Å². The van der Waals surface area contributed by atoms with Crippen molar-refractivity contribution >= 4 is 58.4 Å². The first-order valence-electron chi connectivity index (χ1n) is 11.4. The monoisotopic (exact) mass is 563 g/mol. The maximum absolute atomic E-state index is 13.0. The Labute approximate surface area is 229 Å². The fourth-order valence-electron chi connectivity index (χ4n) is 3.49. The molecule has 0 bridgehead atoms. The van der Waals surface area contributed by atoms with Crippen LogP contribution in [0.5, 0.6) is 0 Å². The van der Waals surface area contributed by atoms with Crippen molar-refractivity contribution in [3.05, 3.63) is 69.5 Å². The summed E-state index contributed by atoms with van der Waals surface area (Å²) in [6.07, 6.45) is 0. The van der Waals surface area contributed by atoms with Gasteiger partial charge in [0.05, 0.1) is 35.1 Å². The highest BCUT2D eigenvalue weighted by Crippen LogP contribution is 2.27. The number of amides is 2. The number of methoxy groups -OCH3 is 1. The van der Waals surface area contributed by atoms with Gasteiger partial charge in [-0.1, -0.05) is 48.8 Å². The van der Waals surface area contributed by atoms with Crippen LogP contribution in [0.4, 0.5) is 5.69 Å². The molecule has 0 saturated carbocycles. The van der Waals surface area contributed by atoms with Crippen LogP contribution >= 0.6 is 35.0 Å². The molecule has 0 aliphatic heterocycles. The Morgan fingerprint density at radius 1 is 1.08 bits per heavy atom. The Bertz CT molecular complexity index is 1280. The van der Waals surface area contributed by atoms with Gasteiger partial charge in [-0.05, 0) is 55.3 Å². The Hall–Kier alpha value is -3.08. The average Bonchev–Trinajstić information content (AvgIpc) is 3.28. The number of thioether (sulfide) groups is 1. The highest BCUT2D eigenvalue weighted by molar-refractivity contribution is 7.99. The van der Waals surface area contributed by atoms with Crippen molar-refractivity contribution in [1.82, 2.24) is 20.1 Å². The van der Waals surface area contributed by atoms with Gasteiger partial charge in [-0.15, -0.1) is 10.2 Å². The first-order chi connectivity index (χ1) is 17.6. The maximum atomic E-state index is 13.0. The SMILES string of the molecule is CCn1c(SCC(=O)Nc2ccc(C(=O)OC)cc2)nnc1[C@@H](NC(=O)c1ccc(Cl)cc1Cl)C(C)C. The number of rotatable bonds is 10. The van der Waals surface area contributed by atoms with Gasteiger partial charge in [-0.25, -0.2) is 4.79 Å². The van der Waals surface area contributed by atoms with E-state index in [2.05, 4.69) is 25.6 Å². The molecule has 3 aromatic rings. The number of anilines is 1. The van der Waals surface area contributed by atoms with Gasteiger partial charge in [-0.2, -0.15) is 0 Å². The lowest BCUT2D eigenvalue weighted by molar-refractivity contribution is -0.113. The zero-order valence-electron chi connectivity index (χ0n) is 20.7. The van der Waals surface area contributed by atoms with Crippen LogP contribution in [0.25, 0.3) is 0 Å². The lowest BCUT2D eigenvalue weighted by atomic mass is 10.0. The first-order valence-corrected chi connectivity index (χ1v) is 13.2. The van der Waals surface area contributed by atoms with Crippen LogP contribution in [0.1, 0.15) is 53.4 Å².